The normalized spacial score (nSPS) is 19.7. The lowest BCUT2D eigenvalue weighted by atomic mass is 10.6. The summed E-state index contributed by atoms with van der Waals surface area (Å²) in [5.74, 6) is 0. The Kier molecular flexibility index (Phi) is 2.00. The first-order valence-corrected chi connectivity index (χ1v) is 4.82. The lowest BCUT2D eigenvalue weighted by Crippen LogP contribution is -2.06. The smallest absolute Gasteiger partial charge is 0.0259 e. The lowest BCUT2D eigenvalue weighted by molar-refractivity contribution is 0.891. The fraction of sp³-hybridized carbons (Fsp3) is 0.400. The molecule has 1 rings (SSSR count). The molecule has 2 heteroatoms. The maximum atomic E-state index is 3.87. The highest BCUT2D eigenvalue weighted by molar-refractivity contribution is 14.2. The van der Waals surface area contributed by atoms with E-state index in [1.54, 1.807) is 3.58 Å². The zero-order valence-electron chi connectivity index (χ0n) is 4.08. The number of hydrogen-bond acceptors (Lipinski definition) is 1. The molecule has 0 bridgehead atoms. The zero-order chi connectivity index (χ0) is 5.11. The number of rotatable bonds is 1. The SMILES string of the molecule is C=IC1=CCNC1. The van der Waals surface area contributed by atoms with Gasteiger partial charge in [-0.1, -0.05) is 31.3 Å². The second-order valence-corrected chi connectivity index (χ2v) is 3.56. The van der Waals surface area contributed by atoms with Crippen LogP contribution in [0.3, 0.4) is 0 Å². The predicted octanol–water partition coefficient (Wildman–Crippen LogP) is 0.876. The van der Waals surface area contributed by atoms with Crippen molar-refractivity contribution in [1.82, 2.24) is 5.32 Å². The minimum atomic E-state index is 0.153. The average molecular weight is 209 g/mol. The van der Waals surface area contributed by atoms with E-state index in [-0.39, 0.29) is 20.7 Å². The molecule has 0 saturated heterocycles. The van der Waals surface area contributed by atoms with Gasteiger partial charge in [0.1, 0.15) is 0 Å². The first-order chi connectivity index (χ1) is 3.43. The third-order valence-electron chi connectivity index (χ3n) is 0.933. The standard InChI is InChI=1S/C5H8IN/c1-6-5-2-3-7-4-5/h2,7H,1,3-4H2. The second-order valence-electron chi connectivity index (χ2n) is 1.42. The summed E-state index contributed by atoms with van der Waals surface area (Å²) < 4.78 is 5.42. The van der Waals surface area contributed by atoms with Crippen molar-refractivity contribution in [3.8, 4) is 0 Å². The van der Waals surface area contributed by atoms with E-state index in [1.165, 1.54) is 0 Å². The molecule has 1 nitrogen and oxygen atoms in total. The molecule has 0 unspecified atom stereocenters. The van der Waals surface area contributed by atoms with Crippen LogP contribution in [0.1, 0.15) is 0 Å². The molecule has 0 amide bonds. The van der Waals surface area contributed by atoms with E-state index in [2.05, 4.69) is 15.9 Å². The Labute approximate surface area is 53.5 Å². The molecule has 0 aliphatic carbocycles. The summed E-state index contributed by atoms with van der Waals surface area (Å²) in [6, 6.07) is 0. The first-order valence-electron chi connectivity index (χ1n) is 2.21. The van der Waals surface area contributed by atoms with Crippen LogP contribution in [0, 0.1) is 0 Å². The molecule has 7 heavy (non-hydrogen) atoms. The molecule has 1 heterocycles. The molecule has 0 radical (unpaired) electrons. The molecule has 0 fully saturated rings. The van der Waals surface area contributed by atoms with Crippen LogP contribution >= 0.6 is 20.7 Å². The van der Waals surface area contributed by atoms with Gasteiger partial charge in [0.2, 0.25) is 0 Å². The number of halogens is 1. The summed E-state index contributed by atoms with van der Waals surface area (Å²) in [5, 5.41) is 3.22. The molecule has 0 atom stereocenters. The monoisotopic (exact) mass is 209 g/mol. The lowest BCUT2D eigenvalue weighted by Gasteiger charge is -1.85. The molecular formula is C5H8IN. The Balaban J connectivity index is 2.51. The van der Waals surface area contributed by atoms with Crippen LogP contribution in [0.2, 0.25) is 0 Å². The van der Waals surface area contributed by atoms with E-state index in [4.69, 9.17) is 0 Å². The molecule has 0 aromatic heterocycles. The summed E-state index contributed by atoms with van der Waals surface area (Å²) in [6.45, 7) is 2.18. The molecule has 0 spiro atoms. The topological polar surface area (TPSA) is 12.0 Å². The van der Waals surface area contributed by atoms with Crippen LogP contribution < -0.4 is 5.32 Å². The van der Waals surface area contributed by atoms with Crippen molar-refractivity contribution in [2.45, 2.75) is 0 Å². The van der Waals surface area contributed by atoms with Crippen molar-refractivity contribution in [2.75, 3.05) is 13.1 Å². The van der Waals surface area contributed by atoms with Gasteiger partial charge in [0, 0.05) is 13.1 Å². The summed E-state index contributed by atoms with van der Waals surface area (Å²) >= 11 is 0.153. The van der Waals surface area contributed by atoms with E-state index < -0.39 is 0 Å². The van der Waals surface area contributed by atoms with Gasteiger partial charge >= 0.3 is 0 Å². The van der Waals surface area contributed by atoms with Gasteiger partial charge in [0.05, 0.1) is 0 Å². The molecule has 0 aromatic carbocycles. The first kappa shape index (κ1) is 5.44. The number of nitrogens with one attached hydrogen (secondary N) is 1. The van der Waals surface area contributed by atoms with Crippen molar-refractivity contribution >= 4 is 25.2 Å². The highest BCUT2D eigenvalue weighted by atomic mass is 127. The highest BCUT2D eigenvalue weighted by Gasteiger charge is 1.96. The minimum Gasteiger partial charge on any atom is -0.309 e. The Bertz CT molecular complexity index is 107. The summed E-state index contributed by atoms with van der Waals surface area (Å²) in [5.41, 5.74) is 0. The van der Waals surface area contributed by atoms with Crippen LogP contribution in [0.15, 0.2) is 9.66 Å². The van der Waals surface area contributed by atoms with Crippen LogP contribution in [-0.4, -0.2) is 17.6 Å². The van der Waals surface area contributed by atoms with Crippen molar-refractivity contribution < 1.29 is 0 Å². The van der Waals surface area contributed by atoms with Crippen molar-refractivity contribution in [2.24, 2.45) is 0 Å². The highest BCUT2D eigenvalue weighted by Crippen LogP contribution is 2.12. The van der Waals surface area contributed by atoms with Crippen molar-refractivity contribution in [3.05, 3.63) is 9.66 Å². The van der Waals surface area contributed by atoms with Crippen molar-refractivity contribution in [1.29, 1.82) is 0 Å². The third-order valence-corrected chi connectivity index (χ3v) is 2.73. The Morgan fingerprint density at radius 2 is 2.71 bits per heavy atom. The van der Waals surface area contributed by atoms with E-state index in [9.17, 15) is 0 Å². The number of hydrogen-bond donors (Lipinski definition) is 1. The zero-order valence-corrected chi connectivity index (χ0v) is 6.23. The van der Waals surface area contributed by atoms with Gasteiger partial charge in [-0.2, -0.15) is 0 Å². The van der Waals surface area contributed by atoms with Gasteiger partial charge in [0.25, 0.3) is 0 Å². The molecule has 1 aliphatic rings. The Morgan fingerprint density at radius 3 is 3.00 bits per heavy atom. The molecule has 0 aromatic rings. The molecule has 0 saturated carbocycles. The fourth-order valence-electron chi connectivity index (χ4n) is 0.548. The van der Waals surface area contributed by atoms with E-state index in [1.807, 2.05) is 0 Å². The van der Waals surface area contributed by atoms with Gasteiger partial charge in [-0.25, -0.2) is 0 Å². The van der Waals surface area contributed by atoms with E-state index in [0.717, 1.165) is 13.1 Å². The van der Waals surface area contributed by atoms with Crippen LogP contribution in [-0.2, 0) is 0 Å². The van der Waals surface area contributed by atoms with Gasteiger partial charge in [-0.15, -0.1) is 0 Å². The minimum absolute atomic E-state index is 0.153. The maximum Gasteiger partial charge on any atom is 0.0259 e. The van der Waals surface area contributed by atoms with E-state index in [0.29, 0.717) is 0 Å². The molecule has 1 N–H and O–H groups in total. The Hall–Kier alpha value is 0.300. The molecule has 40 valence electrons. The van der Waals surface area contributed by atoms with Crippen LogP contribution in [0.4, 0.5) is 0 Å². The third kappa shape index (κ3) is 1.35. The quantitative estimate of drug-likeness (QED) is 0.632. The van der Waals surface area contributed by atoms with Gasteiger partial charge in [-0.05, 0) is 3.58 Å². The summed E-state index contributed by atoms with van der Waals surface area (Å²) in [4.78, 5) is 0. The summed E-state index contributed by atoms with van der Waals surface area (Å²) in [7, 11) is 0. The fourth-order valence-corrected chi connectivity index (χ4v) is 1.62. The summed E-state index contributed by atoms with van der Waals surface area (Å²) in [6.07, 6.45) is 2.25. The maximum absolute atomic E-state index is 3.87. The van der Waals surface area contributed by atoms with Gasteiger partial charge < -0.3 is 5.32 Å². The van der Waals surface area contributed by atoms with Gasteiger partial charge in [-0.3, -0.25) is 0 Å². The van der Waals surface area contributed by atoms with Crippen LogP contribution in [0.25, 0.3) is 0 Å². The largest absolute Gasteiger partial charge is 0.309 e. The van der Waals surface area contributed by atoms with Gasteiger partial charge in [0.15, 0.2) is 0 Å². The average Bonchev–Trinajstić information content (AvgIpc) is 2.14. The van der Waals surface area contributed by atoms with Crippen LogP contribution in [0.5, 0.6) is 0 Å². The molecule has 1 aliphatic heterocycles. The second kappa shape index (κ2) is 2.57. The van der Waals surface area contributed by atoms with E-state index >= 15 is 0 Å². The Morgan fingerprint density at radius 1 is 1.86 bits per heavy atom. The van der Waals surface area contributed by atoms with Crippen molar-refractivity contribution in [3.63, 3.8) is 0 Å². The predicted molar refractivity (Wildman–Crippen MR) is 42.1 cm³/mol. The molecular weight excluding hydrogens is 201 g/mol.